The highest BCUT2D eigenvalue weighted by molar-refractivity contribution is 5.55. The van der Waals surface area contributed by atoms with Crippen LogP contribution >= 0.6 is 0 Å². The van der Waals surface area contributed by atoms with Crippen molar-refractivity contribution in [3.8, 4) is 11.5 Å². The highest BCUT2D eigenvalue weighted by Gasteiger charge is 2.36. The van der Waals surface area contributed by atoms with Gasteiger partial charge in [-0.2, -0.15) is 0 Å². The highest BCUT2D eigenvalue weighted by Crippen LogP contribution is 2.45. The molecule has 1 aromatic carbocycles. The average molecular weight is 282 g/mol. The maximum Gasteiger partial charge on any atom is 0.160 e. The molecular weight excluding hydrogens is 264 g/mol. The first-order valence-corrected chi connectivity index (χ1v) is 7.37. The van der Waals surface area contributed by atoms with Crippen molar-refractivity contribution in [3.05, 3.63) is 52.3 Å². The Hall–Kier alpha value is -2.07. The van der Waals surface area contributed by atoms with E-state index in [2.05, 4.69) is 23.3 Å². The van der Waals surface area contributed by atoms with Gasteiger partial charge in [-0.25, -0.2) is 0 Å². The number of aromatic nitrogens is 1. The number of rotatable bonds is 0. The van der Waals surface area contributed by atoms with E-state index in [-0.39, 0.29) is 17.4 Å². The number of aryl methyl sites for hydroxylation is 1. The van der Waals surface area contributed by atoms with Crippen molar-refractivity contribution in [2.75, 3.05) is 0 Å². The normalized spacial score (nSPS) is 23.1. The standard InChI is InChI=1S/C17H18N2O2/c1-9-6-12-14(18-7-9)8-19-13-4-2-11-10(16(12)13)3-5-15(20)17(11)21/h3,5-7,13,16,19-21H,2,4,8H2,1H3. The van der Waals surface area contributed by atoms with Gasteiger partial charge in [-0.3, -0.25) is 4.98 Å². The van der Waals surface area contributed by atoms with Crippen LogP contribution in [0.15, 0.2) is 24.4 Å². The molecule has 0 saturated heterocycles. The molecule has 0 bridgehead atoms. The van der Waals surface area contributed by atoms with Crippen LogP contribution in [0, 0.1) is 6.92 Å². The van der Waals surface area contributed by atoms with Gasteiger partial charge in [0.05, 0.1) is 5.69 Å². The second kappa shape index (κ2) is 4.46. The average Bonchev–Trinajstić information content (AvgIpc) is 2.50. The van der Waals surface area contributed by atoms with E-state index in [1.54, 1.807) is 6.07 Å². The molecule has 2 heterocycles. The number of hydrogen-bond acceptors (Lipinski definition) is 4. The van der Waals surface area contributed by atoms with Crippen LogP contribution in [-0.2, 0) is 13.0 Å². The van der Waals surface area contributed by atoms with Crippen molar-refractivity contribution < 1.29 is 10.2 Å². The van der Waals surface area contributed by atoms with Gasteiger partial charge in [0.25, 0.3) is 0 Å². The summed E-state index contributed by atoms with van der Waals surface area (Å²) in [5.74, 6) is 0.216. The lowest BCUT2D eigenvalue weighted by atomic mass is 9.73. The first-order valence-electron chi connectivity index (χ1n) is 7.37. The van der Waals surface area contributed by atoms with Crippen molar-refractivity contribution >= 4 is 0 Å². The molecule has 3 N–H and O–H groups in total. The van der Waals surface area contributed by atoms with Crippen LogP contribution in [-0.4, -0.2) is 21.2 Å². The Morgan fingerprint density at radius 3 is 2.95 bits per heavy atom. The van der Waals surface area contributed by atoms with Gasteiger partial charge in [0.15, 0.2) is 11.5 Å². The summed E-state index contributed by atoms with van der Waals surface area (Å²) in [6, 6.07) is 6.12. The van der Waals surface area contributed by atoms with E-state index >= 15 is 0 Å². The summed E-state index contributed by atoms with van der Waals surface area (Å²) < 4.78 is 0. The number of nitrogens with one attached hydrogen (secondary N) is 1. The largest absolute Gasteiger partial charge is 0.504 e. The maximum atomic E-state index is 10.2. The minimum absolute atomic E-state index is 0.0291. The fourth-order valence-electron chi connectivity index (χ4n) is 3.75. The maximum absolute atomic E-state index is 10.2. The number of fused-ring (bicyclic) bond motifs is 5. The minimum Gasteiger partial charge on any atom is -0.504 e. The van der Waals surface area contributed by atoms with E-state index in [0.717, 1.165) is 41.8 Å². The molecular formula is C17H18N2O2. The second-order valence-electron chi connectivity index (χ2n) is 6.05. The van der Waals surface area contributed by atoms with Crippen LogP contribution in [0.3, 0.4) is 0 Å². The number of hydrogen-bond donors (Lipinski definition) is 3. The van der Waals surface area contributed by atoms with E-state index in [4.69, 9.17) is 0 Å². The number of benzene rings is 1. The summed E-state index contributed by atoms with van der Waals surface area (Å²) >= 11 is 0. The summed E-state index contributed by atoms with van der Waals surface area (Å²) in [5.41, 5.74) is 5.49. The van der Waals surface area contributed by atoms with Crippen LogP contribution in [0.5, 0.6) is 11.5 Å². The van der Waals surface area contributed by atoms with Crippen molar-refractivity contribution in [1.29, 1.82) is 0 Å². The van der Waals surface area contributed by atoms with Gasteiger partial charge in [0.2, 0.25) is 0 Å². The molecule has 2 aliphatic rings. The molecule has 1 aliphatic carbocycles. The van der Waals surface area contributed by atoms with Crippen molar-refractivity contribution in [2.24, 2.45) is 0 Å². The monoisotopic (exact) mass is 282 g/mol. The highest BCUT2D eigenvalue weighted by atomic mass is 16.3. The second-order valence-corrected chi connectivity index (χ2v) is 6.05. The fourth-order valence-corrected chi connectivity index (χ4v) is 3.75. The van der Waals surface area contributed by atoms with Gasteiger partial charge in [-0.15, -0.1) is 0 Å². The molecule has 0 amide bonds. The Kier molecular flexibility index (Phi) is 2.69. The molecule has 0 fully saturated rings. The quantitative estimate of drug-likeness (QED) is 0.649. The fraction of sp³-hybridized carbons (Fsp3) is 0.353. The van der Waals surface area contributed by atoms with Gasteiger partial charge < -0.3 is 15.5 Å². The van der Waals surface area contributed by atoms with E-state index in [9.17, 15) is 10.2 Å². The molecule has 0 spiro atoms. The molecule has 1 aliphatic heterocycles. The number of pyridine rings is 1. The third-order valence-corrected chi connectivity index (χ3v) is 4.75. The first-order chi connectivity index (χ1) is 10.1. The van der Waals surface area contributed by atoms with Crippen LogP contribution in [0.4, 0.5) is 0 Å². The summed E-state index contributed by atoms with van der Waals surface area (Å²) in [7, 11) is 0. The van der Waals surface area contributed by atoms with E-state index in [1.807, 2.05) is 12.3 Å². The summed E-state index contributed by atoms with van der Waals surface area (Å²) in [5, 5.41) is 23.4. The molecule has 4 heteroatoms. The lowest BCUT2D eigenvalue weighted by molar-refractivity contribution is 0.366. The number of aromatic hydroxyl groups is 2. The van der Waals surface area contributed by atoms with Gasteiger partial charge in [-0.1, -0.05) is 12.1 Å². The molecule has 2 atom stereocenters. The molecule has 2 unspecified atom stereocenters. The third-order valence-electron chi connectivity index (χ3n) is 4.75. The number of phenolic OH excluding ortho intramolecular Hbond substituents is 2. The minimum atomic E-state index is -0.0291. The Morgan fingerprint density at radius 1 is 1.24 bits per heavy atom. The molecule has 4 nitrogen and oxygen atoms in total. The predicted molar refractivity (Wildman–Crippen MR) is 79.5 cm³/mol. The van der Waals surface area contributed by atoms with Crippen LogP contribution in [0.2, 0.25) is 0 Å². The van der Waals surface area contributed by atoms with Gasteiger partial charge in [0, 0.05) is 30.3 Å². The van der Waals surface area contributed by atoms with Crippen LogP contribution in [0.25, 0.3) is 0 Å². The van der Waals surface area contributed by atoms with E-state index in [1.165, 1.54) is 5.56 Å². The molecule has 108 valence electrons. The number of phenols is 2. The van der Waals surface area contributed by atoms with Crippen molar-refractivity contribution in [2.45, 2.75) is 38.3 Å². The molecule has 1 aromatic heterocycles. The van der Waals surface area contributed by atoms with E-state index in [0.29, 0.717) is 6.04 Å². The van der Waals surface area contributed by atoms with Gasteiger partial charge >= 0.3 is 0 Å². The molecule has 21 heavy (non-hydrogen) atoms. The summed E-state index contributed by atoms with van der Waals surface area (Å²) in [4.78, 5) is 4.55. The SMILES string of the molecule is Cc1cnc2c(c1)C1c3ccc(O)c(O)c3CCC1NC2. The molecule has 2 aromatic rings. The zero-order valence-corrected chi connectivity index (χ0v) is 11.9. The third kappa shape index (κ3) is 1.83. The van der Waals surface area contributed by atoms with E-state index < -0.39 is 0 Å². The lowest BCUT2D eigenvalue weighted by Gasteiger charge is -2.39. The Labute approximate surface area is 123 Å². The van der Waals surface area contributed by atoms with Crippen LogP contribution in [0.1, 0.15) is 40.3 Å². The topological polar surface area (TPSA) is 65.4 Å². The zero-order valence-electron chi connectivity index (χ0n) is 11.9. The Balaban J connectivity index is 1.93. The smallest absolute Gasteiger partial charge is 0.160 e. The van der Waals surface area contributed by atoms with Crippen molar-refractivity contribution in [3.63, 3.8) is 0 Å². The Morgan fingerprint density at radius 2 is 2.10 bits per heavy atom. The Bertz CT molecular complexity index is 727. The molecule has 4 rings (SSSR count). The van der Waals surface area contributed by atoms with Gasteiger partial charge in [-0.05, 0) is 42.5 Å². The summed E-state index contributed by atoms with van der Waals surface area (Å²) in [6.45, 7) is 2.86. The first kappa shape index (κ1) is 12.7. The summed E-state index contributed by atoms with van der Waals surface area (Å²) in [6.07, 6.45) is 3.65. The van der Waals surface area contributed by atoms with Gasteiger partial charge in [0.1, 0.15) is 0 Å². The zero-order chi connectivity index (χ0) is 14.6. The predicted octanol–water partition coefficient (Wildman–Crippen LogP) is 2.35. The van der Waals surface area contributed by atoms with Crippen molar-refractivity contribution in [1.82, 2.24) is 10.3 Å². The van der Waals surface area contributed by atoms with Crippen LogP contribution < -0.4 is 5.32 Å². The lowest BCUT2D eigenvalue weighted by Crippen LogP contribution is -2.43. The molecule has 0 saturated carbocycles. The molecule has 0 radical (unpaired) electrons. The number of nitrogens with zero attached hydrogens (tertiary/aromatic N) is 1.